The number of rotatable bonds is 4. The summed E-state index contributed by atoms with van der Waals surface area (Å²) >= 11 is 6.17. The molecule has 5 nitrogen and oxygen atoms in total. The molecule has 0 radical (unpaired) electrons. The second-order valence-electron chi connectivity index (χ2n) is 6.79. The molecule has 0 saturated heterocycles. The van der Waals surface area contributed by atoms with Crippen LogP contribution in [-0.2, 0) is 16.4 Å². The van der Waals surface area contributed by atoms with E-state index in [2.05, 4.69) is 4.98 Å². The van der Waals surface area contributed by atoms with E-state index < -0.39 is 26.0 Å². The molecule has 0 fully saturated rings. The molecule has 0 unspecified atom stereocenters. The third-order valence-electron chi connectivity index (χ3n) is 4.76. The molecule has 0 spiro atoms. The summed E-state index contributed by atoms with van der Waals surface area (Å²) in [6, 6.07) is 15.1. The van der Waals surface area contributed by atoms with Crippen LogP contribution in [0.15, 0.2) is 81.4 Å². The fourth-order valence-electron chi connectivity index (χ4n) is 3.23. The van der Waals surface area contributed by atoms with Crippen molar-refractivity contribution in [1.82, 2.24) is 9.55 Å². The summed E-state index contributed by atoms with van der Waals surface area (Å²) in [5.41, 5.74) is 0.410. The first kappa shape index (κ1) is 20.3. The minimum absolute atomic E-state index is 0.00278. The Labute approximate surface area is 177 Å². The van der Waals surface area contributed by atoms with Gasteiger partial charge in [0.05, 0.1) is 16.8 Å². The third kappa shape index (κ3) is 3.51. The van der Waals surface area contributed by atoms with Gasteiger partial charge in [-0.05, 0) is 43.3 Å². The Morgan fingerprint density at radius 1 is 1.03 bits per heavy atom. The van der Waals surface area contributed by atoms with Gasteiger partial charge in [0, 0.05) is 22.5 Å². The van der Waals surface area contributed by atoms with Crippen LogP contribution in [-0.4, -0.2) is 18.0 Å². The van der Waals surface area contributed by atoms with Crippen molar-refractivity contribution < 1.29 is 12.8 Å². The minimum Gasteiger partial charge on any atom is -0.326 e. The molecule has 0 aliphatic rings. The highest BCUT2D eigenvalue weighted by Crippen LogP contribution is 2.24. The summed E-state index contributed by atoms with van der Waals surface area (Å²) < 4.78 is 42.2. The molecule has 30 heavy (non-hydrogen) atoms. The van der Waals surface area contributed by atoms with E-state index in [1.165, 1.54) is 41.1 Å². The zero-order valence-corrected chi connectivity index (χ0v) is 17.4. The molecule has 0 atom stereocenters. The van der Waals surface area contributed by atoms with Crippen molar-refractivity contribution in [2.75, 3.05) is 0 Å². The smallest absolute Gasteiger partial charge is 0.211 e. The largest absolute Gasteiger partial charge is 0.326 e. The van der Waals surface area contributed by atoms with Crippen molar-refractivity contribution in [1.29, 1.82) is 0 Å². The van der Waals surface area contributed by atoms with Gasteiger partial charge in [-0.1, -0.05) is 35.9 Å². The number of fused-ring (bicyclic) bond motifs is 1. The molecule has 0 N–H and O–H groups in total. The molecule has 2 heterocycles. The van der Waals surface area contributed by atoms with Crippen molar-refractivity contribution in [3.05, 3.63) is 99.2 Å². The van der Waals surface area contributed by atoms with Gasteiger partial charge in [-0.25, -0.2) is 17.8 Å². The van der Waals surface area contributed by atoms with Gasteiger partial charge in [-0.15, -0.1) is 0 Å². The highest BCUT2D eigenvalue weighted by Gasteiger charge is 2.24. The van der Waals surface area contributed by atoms with Gasteiger partial charge in [0.15, 0.2) is 0 Å². The van der Waals surface area contributed by atoms with Crippen molar-refractivity contribution in [3.8, 4) is 0 Å². The van der Waals surface area contributed by atoms with Crippen molar-refractivity contribution in [3.63, 3.8) is 0 Å². The van der Waals surface area contributed by atoms with Gasteiger partial charge in [-0.3, -0.25) is 4.79 Å². The molecule has 0 amide bonds. The van der Waals surface area contributed by atoms with Crippen LogP contribution in [0.2, 0.25) is 5.02 Å². The fraction of sp³-hybridized carbons (Fsp3) is 0.0909. The average Bonchev–Trinajstić information content (AvgIpc) is 2.72. The fourth-order valence-corrected chi connectivity index (χ4v) is 4.84. The van der Waals surface area contributed by atoms with Gasteiger partial charge < -0.3 is 4.57 Å². The Kier molecular flexibility index (Phi) is 5.17. The lowest BCUT2D eigenvalue weighted by atomic mass is 10.2. The average molecular weight is 443 g/mol. The normalized spacial score (nSPS) is 11.7. The van der Waals surface area contributed by atoms with Crippen LogP contribution >= 0.6 is 11.6 Å². The molecule has 0 aliphatic carbocycles. The Morgan fingerprint density at radius 3 is 2.47 bits per heavy atom. The predicted molar refractivity (Wildman–Crippen MR) is 113 cm³/mol. The summed E-state index contributed by atoms with van der Waals surface area (Å²) in [6.45, 7) is 1.66. The second-order valence-corrected chi connectivity index (χ2v) is 9.12. The van der Waals surface area contributed by atoms with Crippen molar-refractivity contribution in [2.45, 2.75) is 23.3 Å². The Morgan fingerprint density at radius 2 is 1.77 bits per heavy atom. The minimum atomic E-state index is -4.09. The zero-order valence-electron chi connectivity index (χ0n) is 15.8. The van der Waals surface area contributed by atoms with Crippen LogP contribution in [0.1, 0.15) is 11.3 Å². The van der Waals surface area contributed by atoms with Crippen LogP contribution in [0.4, 0.5) is 4.39 Å². The van der Waals surface area contributed by atoms with Gasteiger partial charge in [0.1, 0.15) is 16.4 Å². The second kappa shape index (κ2) is 7.66. The van der Waals surface area contributed by atoms with E-state index in [9.17, 15) is 17.6 Å². The highest BCUT2D eigenvalue weighted by molar-refractivity contribution is 7.91. The summed E-state index contributed by atoms with van der Waals surface area (Å²) in [7, 11) is -4.09. The number of hydrogen-bond acceptors (Lipinski definition) is 4. The summed E-state index contributed by atoms with van der Waals surface area (Å²) in [4.78, 5) is 17.0. The van der Waals surface area contributed by atoms with E-state index in [0.29, 0.717) is 5.69 Å². The topological polar surface area (TPSA) is 69.0 Å². The van der Waals surface area contributed by atoms with Crippen LogP contribution in [0.3, 0.4) is 0 Å². The number of pyridine rings is 2. The molecule has 8 heteroatoms. The van der Waals surface area contributed by atoms with Gasteiger partial charge in [0.25, 0.3) is 0 Å². The number of aryl methyl sites for hydroxylation is 1. The molecule has 0 saturated carbocycles. The quantitative estimate of drug-likeness (QED) is 0.470. The number of hydrogen-bond donors (Lipinski definition) is 0. The van der Waals surface area contributed by atoms with Gasteiger partial charge in [-0.2, -0.15) is 0 Å². The lowest BCUT2D eigenvalue weighted by Crippen LogP contribution is -2.20. The first-order valence-corrected chi connectivity index (χ1v) is 10.9. The molecule has 2 aromatic heterocycles. The number of halogens is 2. The van der Waals surface area contributed by atoms with E-state index in [1.807, 2.05) is 0 Å². The summed E-state index contributed by atoms with van der Waals surface area (Å²) in [6.07, 6.45) is 1.21. The monoisotopic (exact) mass is 442 g/mol. The van der Waals surface area contributed by atoms with Crippen molar-refractivity contribution in [2.24, 2.45) is 0 Å². The van der Waals surface area contributed by atoms with Crippen LogP contribution in [0, 0.1) is 12.7 Å². The van der Waals surface area contributed by atoms with Gasteiger partial charge in [0.2, 0.25) is 15.3 Å². The van der Waals surface area contributed by atoms with Crippen molar-refractivity contribution >= 4 is 32.5 Å². The first-order chi connectivity index (χ1) is 14.3. The van der Waals surface area contributed by atoms with E-state index in [1.54, 1.807) is 37.3 Å². The van der Waals surface area contributed by atoms with Crippen LogP contribution in [0.5, 0.6) is 0 Å². The highest BCUT2D eigenvalue weighted by atomic mass is 35.5. The Hall–Kier alpha value is -3.03. The number of aromatic nitrogens is 2. The maximum atomic E-state index is 14.4. The molecule has 0 aliphatic heterocycles. The zero-order chi connectivity index (χ0) is 21.5. The first-order valence-electron chi connectivity index (χ1n) is 9.03. The van der Waals surface area contributed by atoms with Crippen LogP contribution in [0.25, 0.3) is 11.0 Å². The number of benzene rings is 2. The lowest BCUT2D eigenvalue weighted by molar-refractivity contribution is 0.591. The van der Waals surface area contributed by atoms with E-state index in [-0.39, 0.29) is 33.1 Å². The molecule has 0 bridgehead atoms. The molecule has 4 aromatic rings. The van der Waals surface area contributed by atoms with E-state index in [4.69, 9.17) is 11.6 Å². The van der Waals surface area contributed by atoms with Crippen LogP contribution < -0.4 is 5.43 Å². The predicted octanol–water partition coefficient (Wildman–Crippen LogP) is 4.38. The Bertz CT molecular complexity index is 1410. The molecular formula is C22H16ClFN2O3S. The number of sulfone groups is 1. The SMILES string of the molecule is Cc1ccc2c(=O)c(S(=O)(=O)c3ccccc3)cn(Cc3c(F)cccc3Cl)c2n1. The molecule has 4 rings (SSSR count). The number of nitrogens with zero attached hydrogens (tertiary/aromatic N) is 2. The maximum Gasteiger partial charge on any atom is 0.211 e. The Balaban J connectivity index is 2.02. The molecule has 2 aromatic carbocycles. The standard InChI is InChI=1S/C22H16ClFN2O3S/c1-14-10-11-16-21(27)20(30(28,29)15-6-3-2-4-7-15)13-26(22(16)25-14)12-17-18(23)8-5-9-19(17)24/h2-11,13H,12H2,1H3. The maximum absolute atomic E-state index is 14.4. The molecular weight excluding hydrogens is 427 g/mol. The van der Waals surface area contributed by atoms with E-state index in [0.717, 1.165) is 0 Å². The molecule has 152 valence electrons. The van der Waals surface area contributed by atoms with E-state index >= 15 is 0 Å². The third-order valence-corrected chi connectivity index (χ3v) is 6.88. The lowest BCUT2D eigenvalue weighted by Gasteiger charge is -2.15. The van der Waals surface area contributed by atoms with Gasteiger partial charge >= 0.3 is 0 Å². The summed E-state index contributed by atoms with van der Waals surface area (Å²) in [5.74, 6) is -0.533. The summed E-state index contributed by atoms with van der Waals surface area (Å²) in [5, 5.41) is 0.326.